The summed E-state index contributed by atoms with van der Waals surface area (Å²) in [4.78, 5) is 24.5. The van der Waals surface area contributed by atoms with E-state index >= 15 is 0 Å². The van der Waals surface area contributed by atoms with Gasteiger partial charge in [-0.1, -0.05) is 11.2 Å². The van der Waals surface area contributed by atoms with Crippen molar-refractivity contribution in [2.24, 2.45) is 0 Å². The van der Waals surface area contributed by atoms with Crippen molar-refractivity contribution in [2.45, 2.75) is 12.8 Å². The first-order valence-electron chi connectivity index (χ1n) is 8.27. The van der Waals surface area contributed by atoms with Crippen LogP contribution in [0.1, 0.15) is 12.3 Å². The van der Waals surface area contributed by atoms with Crippen molar-refractivity contribution in [1.29, 1.82) is 0 Å². The summed E-state index contributed by atoms with van der Waals surface area (Å²) in [6, 6.07) is 12.8. The number of aromatic nitrogens is 6. The summed E-state index contributed by atoms with van der Waals surface area (Å²) in [7, 11) is 0. The van der Waals surface area contributed by atoms with Gasteiger partial charge in [-0.25, -0.2) is 9.67 Å². The summed E-state index contributed by atoms with van der Waals surface area (Å²) >= 11 is 0. The molecule has 4 aromatic rings. The number of nitrogens with one attached hydrogen (secondary N) is 1. The van der Waals surface area contributed by atoms with Crippen LogP contribution >= 0.6 is 0 Å². The predicted octanol–water partition coefficient (Wildman–Crippen LogP) is 2.28. The molecule has 134 valence electrons. The van der Waals surface area contributed by atoms with E-state index in [1.807, 2.05) is 24.3 Å². The Morgan fingerprint density at radius 1 is 1.15 bits per heavy atom. The number of rotatable bonds is 6. The monoisotopic (exact) mass is 361 g/mol. The predicted molar refractivity (Wildman–Crippen MR) is 95.8 cm³/mol. The van der Waals surface area contributed by atoms with E-state index in [-0.39, 0.29) is 12.3 Å². The Morgan fingerprint density at radius 3 is 2.78 bits per heavy atom. The molecule has 4 rings (SSSR count). The second-order valence-corrected chi connectivity index (χ2v) is 5.66. The SMILES string of the molecule is O=C(CCc1nc(-c2ccccn2)no1)Nc1ccc(-n2cncn2)cc1. The Labute approximate surface area is 154 Å². The van der Waals surface area contributed by atoms with Crippen LogP contribution in [0.2, 0.25) is 0 Å². The van der Waals surface area contributed by atoms with Crippen LogP contribution < -0.4 is 5.32 Å². The molecule has 0 saturated carbocycles. The van der Waals surface area contributed by atoms with E-state index in [1.54, 1.807) is 35.4 Å². The lowest BCUT2D eigenvalue weighted by Gasteiger charge is -2.05. The highest BCUT2D eigenvalue weighted by Crippen LogP contribution is 2.14. The molecule has 9 nitrogen and oxygen atoms in total. The molecule has 27 heavy (non-hydrogen) atoms. The maximum absolute atomic E-state index is 12.1. The van der Waals surface area contributed by atoms with Crippen molar-refractivity contribution >= 4 is 11.6 Å². The second kappa shape index (κ2) is 7.56. The number of anilines is 1. The number of hydrogen-bond donors (Lipinski definition) is 1. The topological polar surface area (TPSA) is 112 Å². The van der Waals surface area contributed by atoms with Gasteiger partial charge in [-0.15, -0.1) is 0 Å². The fourth-order valence-electron chi connectivity index (χ4n) is 2.44. The number of amides is 1. The molecule has 0 saturated heterocycles. The number of hydrogen-bond acceptors (Lipinski definition) is 7. The van der Waals surface area contributed by atoms with Gasteiger partial charge < -0.3 is 9.84 Å². The standard InChI is InChI=1S/C18H15N7O2/c26-16(22-13-4-6-14(7-5-13)25-12-19-11-21-25)8-9-17-23-18(24-27-17)15-3-1-2-10-20-15/h1-7,10-12H,8-9H2,(H,22,26). The zero-order chi connectivity index (χ0) is 18.5. The molecule has 0 fully saturated rings. The number of benzene rings is 1. The van der Waals surface area contributed by atoms with Crippen LogP contribution in [-0.2, 0) is 11.2 Å². The van der Waals surface area contributed by atoms with Crippen molar-refractivity contribution in [3.05, 3.63) is 67.2 Å². The van der Waals surface area contributed by atoms with Crippen LogP contribution in [-0.4, -0.2) is 35.8 Å². The highest BCUT2D eigenvalue weighted by molar-refractivity contribution is 5.90. The Kier molecular flexibility index (Phi) is 4.64. The number of aryl methyl sites for hydroxylation is 1. The van der Waals surface area contributed by atoms with Gasteiger partial charge >= 0.3 is 0 Å². The zero-order valence-corrected chi connectivity index (χ0v) is 14.2. The van der Waals surface area contributed by atoms with Crippen LogP contribution in [0, 0.1) is 0 Å². The Balaban J connectivity index is 1.32. The molecule has 0 aliphatic carbocycles. The minimum Gasteiger partial charge on any atom is -0.339 e. The highest BCUT2D eigenvalue weighted by atomic mass is 16.5. The Morgan fingerprint density at radius 2 is 2.04 bits per heavy atom. The maximum Gasteiger partial charge on any atom is 0.227 e. The van der Waals surface area contributed by atoms with E-state index in [1.165, 1.54) is 6.33 Å². The maximum atomic E-state index is 12.1. The molecule has 0 aliphatic rings. The van der Waals surface area contributed by atoms with Crippen molar-refractivity contribution in [3.8, 4) is 17.2 Å². The summed E-state index contributed by atoms with van der Waals surface area (Å²) in [5.41, 5.74) is 2.19. The Hall–Kier alpha value is -3.88. The van der Waals surface area contributed by atoms with Gasteiger partial charge in [0.25, 0.3) is 0 Å². The molecule has 0 atom stereocenters. The minimum absolute atomic E-state index is 0.138. The normalized spacial score (nSPS) is 10.7. The average Bonchev–Trinajstić information content (AvgIpc) is 3.40. The molecule has 0 spiro atoms. The number of carbonyl (C=O) groups excluding carboxylic acids is 1. The molecule has 3 aromatic heterocycles. The first kappa shape index (κ1) is 16.6. The molecule has 1 aromatic carbocycles. The van der Waals surface area contributed by atoms with Crippen LogP contribution in [0.3, 0.4) is 0 Å². The fourth-order valence-corrected chi connectivity index (χ4v) is 2.44. The second-order valence-electron chi connectivity index (χ2n) is 5.66. The molecule has 0 unspecified atom stereocenters. The van der Waals surface area contributed by atoms with Crippen LogP contribution in [0.5, 0.6) is 0 Å². The molecule has 1 N–H and O–H groups in total. The quantitative estimate of drug-likeness (QED) is 0.561. The summed E-state index contributed by atoms with van der Waals surface area (Å²) < 4.78 is 6.82. The van der Waals surface area contributed by atoms with Gasteiger partial charge in [0.05, 0.1) is 5.69 Å². The summed E-state index contributed by atoms with van der Waals surface area (Å²) in [5.74, 6) is 0.670. The van der Waals surface area contributed by atoms with Gasteiger partial charge in [0.15, 0.2) is 0 Å². The summed E-state index contributed by atoms with van der Waals surface area (Å²) in [5, 5.41) is 10.8. The molecule has 0 radical (unpaired) electrons. The first-order valence-corrected chi connectivity index (χ1v) is 8.27. The lowest BCUT2D eigenvalue weighted by Crippen LogP contribution is -2.12. The summed E-state index contributed by atoms with van der Waals surface area (Å²) in [6.45, 7) is 0. The van der Waals surface area contributed by atoms with E-state index in [4.69, 9.17) is 4.52 Å². The Bertz CT molecular complexity index is 1010. The first-order chi connectivity index (χ1) is 13.3. The highest BCUT2D eigenvalue weighted by Gasteiger charge is 2.11. The largest absolute Gasteiger partial charge is 0.339 e. The van der Waals surface area contributed by atoms with E-state index in [0.29, 0.717) is 29.5 Å². The average molecular weight is 361 g/mol. The van der Waals surface area contributed by atoms with Gasteiger partial charge in [-0.2, -0.15) is 10.1 Å². The van der Waals surface area contributed by atoms with E-state index in [2.05, 4.69) is 30.5 Å². The van der Waals surface area contributed by atoms with Gasteiger partial charge in [0.2, 0.25) is 17.6 Å². The number of nitrogens with zero attached hydrogens (tertiary/aromatic N) is 6. The summed E-state index contributed by atoms with van der Waals surface area (Å²) in [6.07, 6.45) is 5.31. The van der Waals surface area contributed by atoms with Crippen LogP contribution in [0.15, 0.2) is 65.8 Å². The van der Waals surface area contributed by atoms with Gasteiger partial charge in [-0.3, -0.25) is 9.78 Å². The smallest absolute Gasteiger partial charge is 0.227 e. The third kappa shape index (κ3) is 4.03. The zero-order valence-electron chi connectivity index (χ0n) is 14.2. The third-order valence-electron chi connectivity index (χ3n) is 3.76. The lowest BCUT2D eigenvalue weighted by molar-refractivity contribution is -0.116. The number of carbonyl (C=O) groups is 1. The van der Waals surface area contributed by atoms with Gasteiger partial charge in [0.1, 0.15) is 18.3 Å². The lowest BCUT2D eigenvalue weighted by atomic mass is 10.2. The van der Waals surface area contributed by atoms with Crippen molar-refractivity contribution in [3.63, 3.8) is 0 Å². The van der Waals surface area contributed by atoms with Gasteiger partial charge in [-0.05, 0) is 36.4 Å². The molecule has 9 heteroatoms. The third-order valence-corrected chi connectivity index (χ3v) is 3.76. The molecule has 1 amide bonds. The fraction of sp³-hybridized carbons (Fsp3) is 0.111. The van der Waals surface area contributed by atoms with E-state index < -0.39 is 0 Å². The van der Waals surface area contributed by atoms with Crippen LogP contribution in [0.25, 0.3) is 17.2 Å². The van der Waals surface area contributed by atoms with Crippen LogP contribution in [0.4, 0.5) is 5.69 Å². The minimum atomic E-state index is -0.138. The molecular weight excluding hydrogens is 346 g/mol. The van der Waals surface area contributed by atoms with Crippen molar-refractivity contribution in [1.82, 2.24) is 29.9 Å². The number of pyridine rings is 1. The van der Waals surface area contributed by atoms with Crippen molar-refractivity contribution in [2.75, 3.05) is 5.32 Å². The molecule has 3 heterocycles. The van der Waals surface area contributed by atoms with Gasteiger partial charge in [0, 0.05) is 24.7 Å². The molecular formula is C18H15N7O2. The van der Waals surface area contributed by atoms with E-state index in [9.17, 15) is 4.79 Å². The van der Waals surface area contributed by atoms with E-state index in [0.717, 1.165) is 5.69 Å². The van der Waals surface area contributed by atoms with Crippen molar-refractivity contribution < 1.29 is 9.32 Å². The molecule has 0 bridgehead atoms. The molecule has 0 aliphatic heterocycles.